The van der Waals surface area contributed by atoms with Crippen LogP contribution in [-0.4, -0.2) is 14.9 Å². The number of aromatic nitrogens is 2. The Kier molecular flexibility index (Phi) is 3.45. The molecule has 5 heteroatoms. The summed E-state index contributed by atoms with van der Waals surface area (Å²) >= 11 is 5.89. The van der Waals surface area contributed by atoms with Gasteiger partial charge in [-0.25, -0.2) is 4.39 Å². The standard InChI is InChI=1S/C12H12ClFN2O/c1-16-7-9(6-15-16)12(17)4-8-2-3-10(14)5-11(8)13/h2-3,5-7,12,17H,4H2,1H3. The fourth-order valence-corrected chi connectivity index (χ4v) is 1.87. The molecule has 0 fully saturated rings. The minimum absolute atomic E-state index is 0.327. The van der Waals surface area contributed by atoms with Gasteiger partial charge in [-0.2, -0.15) is 5.10 Å². The Morgan fingerprint density at radius 1 is 1.53 bits per heavy atom. The number of hydrogen-bond acceptors (Lipinski definition) is 2. The number of aliphatic hydroxyl groups excluding tert-OH is 1. The zero-order valence-electron chi connectivity index (χ0n) is 9.27. The van der Waals surface area contributed by atoms with Crippen molar-refractivity contribution in [2.24, 2.45) is 7.05 Å². The van der Waals surface area contributed by atoms with Gasteiger partial charge in [0.25, 0.3) is 0 Å². The molecule has 1 N–H and O–H groups in total. The summed E-state index contributed by atoms with van der Waals surface area (Å²) in [7, 11) is 1.78. The second kappa shape index (κ2) is 4.85. The van der Waals surface area contributed by atoms with Crippen molar-refractivity contribution in [1.82, 2.24) is 9.78 Å². The molecule has 0 bridgehead atoms. The second-order valence-electron chi connectivity index (χ2n) is 3.90. The Hall–Kier alpha value is -1.39. The Morgan fingerprint density at radius 2 is 2.29 bits per heavy atom. The van der Waals surface area contributed by atoms with Crippen molar-refractivity contribution in [3.05, 3.63) is 52.6 Å². The van der Waals surface area contributed by atoms with Crippen LogP contribution in [0, 0.1) is 5.82 Å². The molecular weight excluding hydrogens is 243 g/mol. The van der Waals surface area contributed by atoms with Gasteiger partial charge in [0.15, 0.2) is 0 Å². The average molecular weight is 255 g/mol. The van der Waals surface area contributed by atoms with Crippen molar-refractivity contribution in [3.8, 4) is 0 Å². The zero-order chi connectivity index (χ0) is 12.4. The minimum Gasteiger partial charge on any atom is -0.388 e. The number of nitrogens with zero attached hydrogens (tertiary/aromatic N) is 2. The van der Waals surface area contributed by atoms with Gasteiger partial charge in [0.05, 0.1) is 12.3 Å². The van der Waals surface area contributed by atoms with Gasteiger partial charge in [0.2, 0.25) is 0 Å². The van der Waals surface area contributed by atoms with Crippen LogP contribution in [0.5, 0.6) is 0 Å². The predicted molar refractivity (Wildman–Crippen MR) is 63.3 cm³/mol. The molecule has 2 aromatic rings. The number of halogens is 2. The van der Waals surface area contributed by atoms with Crippen LogP contribution in [0.15, 0.2) is 30.6 Å². The van der Waals surface area contributed by atoms with Crippen molar-refractivity contribution in [3.63, 3.8) is 0 Å². The predicted octanol–water partition coefficient (Wildman–Crippen LogP) is 2.49. The SMILES string of the molecule is Cn1cc(C(O)Cc2ccc(F)cc2Cl)cn1. The van der Waals surface area contributed by atoms with Crippen LogP contribution in [0.25, 0.3) is 0 Å². The van der Waals surface area contributed by atoms with E-state index in [4.69, 9.17) is 11.6 Å². The number of rotatable bonds is 3. The van der Waals surface area contributed by atoms with Gasteiger partial charge in [-0.05, 0) is 17.7 Å². The van der Waals surface area contributed by atoms with Gasteiger partial charge in [-0.1, -0.05) is 17.7 Å². The Bertz CT molecular complexity index is 527. The van der Waals surface area contributed by atoms with Crippen molar-refractivity contribution < 1.29 is 9.50 Å². The zero-order valence-corrected chi connectivity index (χ0v) is 10.0. The molecular formula is C12H12ClFN2O. The van der Waals surface area contributed by atoms with E-state index in [2.05, 4.69) is 5.10 Å². The van der Waals surface area contributed by atoms with Crippen LogP contribution in [-0.2, 0) is 13.5 Å². The maximum atomic E-state index is 12.9. The molecule has 2 rings (SSSR count). The van der Waals surface area contributed by atoms with Crippen molar-refractivity contribution in [2.75, 3.05) is 0 Å². The van der Waals surface area contributed by atoms with Crippen molar-refractivity contribution >= 4 is 11.6 Å². The fraction of sp³-hybridized carbons (Fsp3) is 0.250. The van der Waals surface area contributed by atoms with Crippen molar-refractivity contribution in [1.29, 1.82) is 0 Å². The normalized spacial score (nSPS) is 12.7. The van der Waals surface area contributed by atoms with E-state index >= 15 is 0 Å². The lowest BCUT2D eigenvalue weighted by molar-refractivity contribution is 0.178. The molecule has 0 aliphatic rings. The molecule has 1 aromatic carbocycles. The molecule has 3 nitrogen and oxygen atoms in total. The highest BCUT2D eigenvalue weighted by atomic mass is 35.5. The van der Waals surface area contributed by atoms with E-state index in [0.717, 1.165) is 0 Å². The summed E-state index contributed by atoms with van der Waals surface area (Å²) < 4.78 is 14.5. The smallest absolute Gasteiger partial charge is 0.124 e. The monoisotopic (exact) mass is 254 g/mol. The first-order valence-electron chi connectivity index (χ1n) is 5.17. The highest BCUT2D eigenvalue weighted by molar-refractivity contribution is 6.31. The number of aryl methyl sites for hydroxylation is 1. The highest BCUT2D eigenvalue weighted by Gasteiger charge is 2.12. The minimum atomic E-state index is -0.688. The third kappa shape index (κ3) is 2.84. The molecule has 1 unspecified atom stereocenters. The Balaban J connectivity index is 2.15. The largest absolute Gasteiger partial charge is 0.388 e. The van der Waals surface area contributed by atoms with Crippen LogP contribution < -0.4 is 0 Å². The molecule has 1 atom stereocenters. The van der Waals surface area contributed by atoms with Crippen LogP contribution in [0.3, 0.4) is 0 Å². The maximum Gasteiger partial charge on any atom is 0.124 e. The van der Waals surface area contributed by atoms with Gasteiger partial charge in [0, 0.05) is 30.3 Å². The molecule has 0 radical (unpaired) electrons. The topological polar surface area (TPSA) is 38.0 Å². The number of hydrogen-bond donors (Lipinski definition) is 1. The Labute approximate surface area is 103 Å². The molecule has 0 saturated carbocycles. The highest BCUT2D eigenvalue weighted by Crippen LogP contribution is 2.23. The molecule has 0 aliphatic carbocycles. The lowest BCUT2D eigenvalue weighted by Gasteiger charge is -2.09. The van der Waals surface area contributed by atoms with Crippen molar-refractivity contribution in [2.45, 2.75) is 12.5 Å². The van der Waals surface area contributed by atoms with Crippen LogP contribution in [0.1, 0.15) is 17.2 Å². The lowest BCUT2D eigenvalue weighted by atomic mass is 10.0. The van der Waals surface area contributed by atoms with Crippen LogP contribution in [0.2, 0.25) is 5.02 Å². The molecule has 0 spiro atoms. The Morgan fingerprint density at radius 3 is 2.88 bits per heavy atom. The summed E-state index contributed by atoms with van der Waals surface area (Å²) in [5, 5.41) is 14.3. The summed E-state index contributed by atoms with van der Waals surface area (Å²) in [6, 6.07) is 4.15. The third-order valence-electron chi connectivity index (χ3n) is 2.54. The second-order valence-corrected chi connectivity index (χ2v) is 4.31. The third-order valence-corrected chi connectivity index (χ3v) is 2.89. The molecule has 0 amide bonds. The summed E-state index contributed by atoms with van der Waals surface area (Å²) in [6.45, 7) is 0. The molecule has 90 valence electrons. The van der Waals surface area contributed by atoms with Gasteiger partial charge in [-0.3, -0.25) is 4.68 Å². The van der Waals surface area contributed by atoms with E-state index in [0.29, 0.717) is 22.6 Å². The van der Waals surface area contributed by atoms with E-state index in [1.807, 2.05) is 0 Å². The lowest BCUT2D eigenvalue weighted by Crippen LogP contribution is -2.01. The fourth-order valence-electron chi connectivity index (χ4n) is 1.63. The summed E-state index contributed by atoms with van der Waals surface area (Å²) in [4.78, 5) is 0. The first kappa shape index (κ1) is 12.1. The van der Waals surface area contributed by atoms with E-state index in [1.165, 1.54) is 12.1 Å². The molecule has 0 saturated heterocycles. The molecule has 17 heavy (non-hydrogen) atoms. The quantitative estimate of drug-likeness (QED) is 0.914. The number of aliphatic hydroxyl groups is 1. The summed E-state index contributed by atoms with van der Waals surface area (Å²) in [5.41, 5.74) is 1.43. The van der Waals surface area contributed by atoms with Crippen LogP contribution >= 0.6 is 11.6 Å². The molecule has 0 aliphatic heterocycles. The summed E-state index contributed by atoms with van der Waals surface area (Å²) in [6.07, 6.45) is 2.99. The van der Waals surface area contributed by atoms with Gasteiger partial charge < -0.3 is 5.11 Å². The van der Waals surface area contributed by atoms with Gasteiger partial charge >= 0.3 is 0 Å². The first-order chi connectivity index (χ1) is 8.06. The molecule has 1 aromatic heterocycles. The van der Waals surface area contributed by atoms with E-state index in [9.17, 15) is 9.50 Å². The first-order valence-corrected chi connectivity index (χ1v) is 5.54. The van der Waals surface area contributed by atoms with E-state index < -0.39 is 6.10 Å². The molecule has 1 heterocycles. The van der Waals surface area contributed by atoms with Gasteiger partial charge in [-0.15, -0.1) is 0 Å². The van der Waals surface area contributed by atoms with E-state index in [-0.39, 0.29) is 5.82 Å². The van der Waals surface area contributed by atoms with E-state index in [1.54, 1.807) is 30.2 Å². The summed E-state index contributed by atoms with van der Waals surface area (Å²) in [5.74, 6) is -0.380. The van der Waals surface area contributed by atoms with Crippen LogP contribution in [0.4, 0.5) is 4.39 Å². The average Bonchev–Trinajstić information content (AvgIpc) is 2.69. The maximum absolute atomic E-state index is 12.9. The number of benzene rings is 1. The van der Waals surface area contributed by atoms with Gasteiger partial charge in [0.1, 0.15) is 5.82 Å².